The molecule has 0 saturated carbocycles. The Morgan fingerprint density at radius 1 is 1.04 bits per heavy atom. The van der Waals surface area contributed by atoms with Gasteiger partial charge in [-0.3, -0.25) is 4.79 Å². The number of hydrogen-bond acceptors (Lipinski definition) is 3. The number of benzene rings is 2. The first kappa shape index (κ1) is 19.6. The van der Waals surface area contributed by atoms with E-state index in [0.717, 1.165) is 35.2 Å². The fourth-order valence-corrected chi connectivity index (χ4v) is 4.85. The Balaban J connectivity index is 1.57. The highest BCUT2D eigenvalue weighted by Gasteiger charge is 2.26. The Morgan fingerprint density at radius 2 is 1.70 bits per heavy atom. The van der Waals surface area contributed by atoms with Gasteiger partial charge in [0.15, 0.2) is 0 Å². The molecule has 0 bridgehead atoms. The van der Waals surface area contributed by atoms with Crippen LogP contribution in [0.25, 0.3) is 0 Å². The Labute approximate surface area is 161 Å². The average Bonchev–Trinajstić information content (AvgIpc) is 3.18. The van der Waals surface area contributed by atoms with E-state index in [-0.39, 0.29) is 5.91 Å². The van der Waals surface area contributed by atoms with E-state index < -0.39 is 10.0 Å². The highest BCUT2D eigenvalue weighted by molar-refractivity contribution is 7.89. The Morgan fingerprint density at radius 3 is 2.33 bits per heavy atom. The van der Waals surface area contributed by atoms with Gasteiger partial charge in [-0.15, -0.1) is 0 Å². The number of amides is 1. The number of hydrogen-bond donors (Lipinski definition) is 1. The number of nitrogens with zero attached hydrogens (tertiary/aromatic N) is 1. The van der Waals surface area contributed by atoms with Crippen LogP contribution in [0.1, 0.15) is 36.0 Å². The lowest BCUT2D eigenvalue weighted by Crippen LogP contribution is -2.27. The molecule has 1 amide bonds. The van der Waals surface area contributed by atoms with Crippen LogP contribution in [0, 0.1) is 13.8 Å². The van der Waals surface area contributed by atoms with Gasteiger partial charge >= 0.3 is 0 Å². The van der Waals surface area contributed by atoms with Crippen molar-refractivity contribution in [3.05, 3.63) is 59.2 Å². The van der Waals surface area contributed by atoms with Crippen molar-refractivity contribution in [2.75, 3.05) is 18.4 Å². The molecule has 1 N–H and O–H groups in total. The van der Waals surface area contributed by atoms with Crippen molar-refractivity contribution in [2.24, 2.45) is 0 Å². The van der Waals surface area contributed by atoms with Crippen LogP contribution >= 0.6 is 0 Å². The van der Waals surface area contributed by atoms with Crippen molar-refractivity contribution >= 4 is 21.6 Å². The predicted molar refractivity (Wildman–Crippen MR) is 107 cm³/mol. The maximum absolute atomic E-state index is 12.5. The van der Waals surface area contributed by atoms with Crippen LogP contribution in [0.3, 0.4) is 0 Å². The third kappa shape index (κ3) is 4.76. The van der Waals surface area contributed by atoms with Crippen molar-refractivity contribution in [3.8, 4) is 0 Å². The van der Waals surface area contributed by atoms with Crippen molar-refractivity contribution in [1.29, 1.82) is 0 Å². The predicted octanol–water partition coefficient (Wildman–Crippen LogP) is 3.66. The van der Waals surface area contributed by atoms with Crippen molar-refractivity contribution in [1.82, 2.24) is 4.31 Å². The average molecular weight is 387 g/mol. The molecule has 2 aromatic rings. The number of sulfonamides is 1. The summed E-state index contributed by atoms with van der Waals surface area (Å²) in [5.74, 6) is -0.0456. The highest BCUT2D eigenvalue weighted by Crippen LogP contribution is 2.21. The molecule has 0 atom stereocenters. The summed E-state index contributed by atoms with van der Waals surface area (Å²) in [7, 11) is -3.38. The van der Waals surface area contributed by atoms with Crippen molar-refractivity contribution in [2.45, 2.75) is 44.4 Å². The molecule has 0 unspecified atom stereocenters. The number of rotatable bonds is 6. The lowest BCUT2D eigenvalue weighted by atomic mass is 10.1. The monoisotopic (exact) mass is 386 g/mol. The fourth-order valence-electron chi connectivity index (χ4n) is 3.33. The van der Waals surface area contributed by atoms with Crippen molar-refractivity contribution < 1.29 is 13.2 Å². The minimum Gasteiger partial charge on any atom is -0.326 e. The van der Waals surface area contributed by atoms with E-state index in [9.17, 15) is 13.2 Å². The zero-order valence-electron chi connectivity index (χ0n) is 15.9. The van der Waals surface area contributed by atoms with Gasteiger partial charge in [-0.2, -0.15) is 4.31 Å². The first-order valence-corrected chi connectivity index (χ1v) is 10.8. The maximum Gasteiger partial charge on any atom is 0.243 e. The lowest BCUT2D eigenvalue weighted by Gasteiger charge is -2.15. The molecule has 0 spiro atoms. The molecule has 0 aromatic heterocycles. The molecule has 1 fully saturated rings. The number of carbonyl (C=O) groups excluding carboxylic acids is 1. The number of anilines is 1. The SMILES string of the molecule is Cc1ccc(NC(=O)CCc2ccc(S(=O)(=O)N3CCCC3)cc2)c(C)c1. The summed E-state index contributed by atoms with van der Waals surface area (Å²) in [6.07, 6.45) is 2.77. The van der Waals surface area contributed by atoms with Gasteiger partial charge in [0.1, 0.15) is 0 Å². The standard InChI is InChI=1S/C21H26N2O3S/c1-16-5-11-20(17(2)15-16)22-21(24)12-8-18-6-9-19(10-7-18)27(25,26)23-13-3-4-14-23/h5-7,9-11,15H,3-4,8,12-14H2,1-2H3,(H,22,24). The molecular formula is C21H26N2O3S. The van der Waals surface area contributed by atoms with Crippen LogP contribution in [0.4, 0.5) is 5.69 Å². The molecule has 5 nitrogen and oxygen atoms in total. The van der Waals surface area contributed by atoms with Gasteiger partial charge in [0.25, 0.3) is 0 Å². The second-order valence-electron chi connectivity index (χ2n) is 7.12. The van der Waals surface area contributed by atoms with E-state index in [1.54, 1.807) is 28.6 Å². The molecule has 27 heavy (non-hydrogen) atoms. The van der Waals surface area contributed by atoms with E-state index >= 15 is 0 Å². The molecule has 2 aromatic carbocycles. The minimum atomic E-state index is -3.38. The molecule has 1 aliphatic rings. The van der Waals surface area contributed by atoms with E-state index in [0.29, 0.717) is 30.8 Å². The lowest BCUT2D eigenvalue weighted by molar-refractivity contribution is -0.116. The first-order valence-electron chi connectivity index (χ1n) is 9.32. The normalized spacial score (nSPS) is 15.0. The van der Waals surface area contributed by atoms with Crippen LogP contribution in [0.15, 0.2) is 47.4 Å². The first-order chi connectivity index (χ1) is 12.9. The summed E-state index contributed by atoms with van der Waals surface area (Å²) in [5, 5.41) is 2.94. The van der Waals surface area contributed by atoms with E-state index in [1.807, 2.05) is 32.0 Å². The highest BCUT2D eigenvalue weighted by atomic mass is 32.2. The molecular weight excluding hydrogens is 360 g/mol. The molecule has 3 rings (SSSR count). The summed E-state index contributed by atoms with van der Waals surface area (Å²) in [6.45, 7) is 5.19. The minimum absolute atomic E-state index is 0.0456. The molecule has 6 heteroatoms. The second-order valence-corrected chi connectivity index (χ2v) is 9.06. The second kappa shape index (κ2) is 8.23. The summed E-state index contributed by atoms with van der Waals surface area (Å²) in [6, 6.07) is 12.8. The van der Waals surface area contributed by atoms with Gasteiger partial charge in [-0.25, -0.2) is 8.42 Å². The topological polar surface area (TPSA) is 66.5 Å². The van der Waals surface area contributed by atoms with Crippen LogP contribution in [0.2, 0.25) is 0 Å². The molecule has 1 heterocycles. The summed E-state index contributed by atoms with van der Waals surface area (Å²) in [4.78, 5) is 12.5. The molecule has 0 aliphatic carbocycles. The zero-order chi connectivity index (χ0) is 19.4. The zero-order valence-corrected chi connectivity index (χ0v) is 16.7. The summed E-state index contributed by atoms with van der Waals surface area (Å²) >= 11 is 0. The number of aryl methyl sites for hydroxylation is 3. The molecule has 144 valence electrons. The van der Waals surface area contributed by atoms with Gasteiger partial charge in [0.2, 0.25) is 15.9 Å². The fraction of sp³-hybridized carbons (Fsp3) is 0.381. The van der Waals surface area contributed by atoms with Crippen molar-refractivity contribution in [3.63, 3.8) is 0 Å². The number of carbonyl (C=O) groups is 1. The van der Waals surface area contributed by atoms with Crippen LogP contribution in [0.5, 0.6) is 0 Å². The van der Waals surface area contributed by atoms with Gasteiger partial charge in [-0.1, -0.05) is 29.8 Å². The van der Waals surface area contributed by atoms with E-state index in [2.05, 4.69) is 5.32 Å². The van der Waals surface area contributed by atoms with E-state index in [4.69, 9.17) is 0 Å². The smallest absolute Gasteiger partial charge is 0.243 e. The van der Waals surface area contributed by atoms with Gasteiger partial charge in [-0.05, 0) is 62.4 Å². The largest absolute Gasteiger partial charge is 0.326 e. The van der Waals surface area contributed by atoms with Gasteiger partial charge < -0.3 is 5.32 Å². The van der Waals surface area contributed by atoms with Gasteiger partial charge in [0.05, 0.1) is 4.90 Å². The third-order valence-electron chi connectivity index (χ3n) is 4.92. The van der Waals surface area contributed by atoms with Crippen LogP contribution in [-0.4, -0.2) is 31.7 Å². The van der Waals surface area contributed by atoms with E-state index in [1.165, 1.54) is 0 Å². The Bertz CT molecular complexity index is 915. The maximum atomic E-state index is 12.5. The summed E-state index contributed by atoms with van der Waals surface area (Å²) in [5.41, 5.74) is 3.98. The van der Waals surface area contributed by atoms with Crippen LogP contribution in [-0.2, 0) is 21.2 Å². The van der Waals surface area contributed by atoms with Crippen LogP contribution < -0.4 is 5.32 Å². The summed E-state index contributed by atoms with van der Waals surface area (Å²) < 4.78 is 26.6. The van der Waals surface area contributed by atoms with Gasteiger partial charge in [0, 0.05) is 25.2 Å². The Kier molecular flexibility index (Phi) is 5.97. The Hall–Kier alpha value is -2.18. The molecule has 1 aliphatic heterocycles. The third-order valence-corrected chi connectivity index (χ3v) is 6.84. The quantitative estimate of drug-likeness (QED) is 0.824. The molecule has 0 radical (unpaired) electrons. The number of nitrogens with one attached hydrogen (secondary N) is 1. The molecule has 1 saturated heterocycles.